The van der Waals surface area contributed by atoms with Crippen LogP contribution in [0.2, 0.25) is 0 Å². The summed E-state index contributed by atoms with van der Waals surface area (Å²) in [6.07, 6.45) is 8.24. The van der Waals surface area contributed by atoms with Crippen molar-refractivity contribution < 1.29 is 14.2 Å². The lowest BCUT2D eigenvalue weighted by atomic mass is 10.0. The first kappa shape index (κ1) is 30.5. The molecule has 0 amide bonds. The van der Waals surface area contributed by atoms with Gasteiger partial charge in [-0.25, -0.2) is 9.97 Å². The Labute approximate surface area is 291 Å². The molecular weight excluding hydrogens is 676 g/mol. The monoisotopic (exact) mass is 706 g/mol. The normalized spacial score (nSPS) is 11.9. The lowest BCUT2D eigenvalue weighted by Gasteiger charge is -2.08. The molecule has 240 valence electrons. The standard InChI is InChI=1S/C41H31BrN4O3/c1-47-27-10-4-7-24(21-27)38-30-13-15-32(43-30)39(25-8-5-11-28(22-25)48-2)34-17-19-36(45-34)41(42)37-20-18-35(46-37)40(33-16-14-31(38)44-33)26-9-6-12-29(23-26)49-3/h4-23,43,46H,1-3H3. The van der Waals surface area contributed by atoms with Crippen LogP contribution in [0.3, 0.4) is 0 Å². The minimum atomic E-state index is 0.761. The van der Waals surface area contributed by atoms with Crippen LogP contribution in [-0.4, -0.2) is 41.3 Å². The van der Waals surface area contributed by atoms with Gasteiger partial charge in [0.15, 0.2) is 0 Å². The van der Waals surface area contributed by atoms with Crippen LogP contribution in [0.5, 0.6) is 17.2 Å². The third-order valence-electron chi connectivity index (χ3n) is 8.76. The Bertz CT molecular complexity index is 2450. The van der Waals surface area contributed by atoms with Crippen molar-refractivity contribution in [2.24, 2.45) is 0 Å². The Balaban J connectivity index is 1.54. The summed E-state index contributed by atoms with van der Waals surface area (Å²) in [6.45, 7) is 0. The number of aromatic nitrogens is 4. The maximum Gasteiger partial charge on any atom is 0.119 e. The Morgan fingerprint density at radius 2 is 0.796 bits per heavy atom. The van der Waals surface area contributed by atoms with E-state index in [1.165, 1.54) is 0 Å². The molecule has 0 fully saturated rings. The van der Waals surface area contributed by atoms with Crippen molar-refractivity contribution in [3.63, 3.8) is 0 Å². The third-order valence-corrected chi connectivity index (χ3v) is 9.60. The van der Waals surface area contributed by atoms with Crippen molar-refractivity contribution in [2.75, 3.05) is 21.3 Å². The first-order valence-electron chi connectivity index (χ1n) is 15.8. The van der Waals surface area contributed by atoms with Crippen molar-refractivity contribution in [1.82, 2.24) is 19.9 Å². The first-order chi connectivity index (χ1) is 24.0. The van der Waals surface area contributed by atoms with E-state index in [4.69, 9.17) is 24.2 Å². The SMILES string of the molecule is COc1cccc(-c2c3nc(c(-c4cccc(OC)c4)c4ccc([nH]4)c(-c4cccc(OC)c4)c4nc(c(Br)c5ccc2[nH]5)C=C4)C=C3)c1. The van der Waals surface area contributed by atoms with E-state index < -0.39 is 0 Å². The molecule has 8 heteroatoms. The smallest absolute Gasteiger partial charge is 0.119 e. The van der Waals surface area contributed by atoms with Gasteiger partial charge in [0.1, 0.15) is 17.2 Å². The number of hydrogen-bond donors (Lipinski definition) is 2. The van der Waals surface area contributed by atoms with E-state index in [1.54, 1.807) is 21.3 Å². The number of ether oxygens (including phenoxy) is 3. The molecule has 0 spiro atoms. The van der Waals surface area contributed by atoms with Crippen LogP contribution in [0.25, 0.3) is 79.8 Å². The molecule has 3 aromatic heterocycles. The second kappa shape index (κ2) is 12.6. The summed E-state index contributed by atoms with van der Waals surface area (Å²) in [5.41, 5.74) is 12.7. The Hall–Kier alpha value is -5.86. The average molecular weight is 708 g/mol. The summed E-state index contributed by atoms with van der Waals surface area (Å²) in [6, 6.07) is 32.5. The van der Waals surface area contributed by atoms with E-state index in [0.717, 1.165) is 99.9 Å². The van der Waals surface area contributed by atoms with E-state index in [0.29, 0.717) is 0 Å². The first-order valence-corrected chi connectivity index (χ1v) is 16.6. The van der Waals surface area contributed by atoms with Gasteiger partial charge in [-0.3, -0.25) is 0 Å². The number of hydrogen-bond acceptors (Lipinski definition) is 5. The second-order valence-corrected chi connectivity index (χ2v) is 12.4. The lowest BCUT2D eigenvalue weighted by molar-refractivity contribution is 0.415. The van der Waals surface area contributed by atoms with Gasteiger partial charge in [0.2, 0.25) is 0 Å². The van der Waals surface area contributed by atoms with Crippen molar-refractivity contribution >= 4 is 62.3 Å². The lowest BCUT2D eigenvalue weighted by Crippen LogP contribution is -1.90. The number of aromatic amines is 2. The van der Waals surface area contributed by atoms with Crippen LogP contribution < -0.4 is 14.2 Å². The van der Waals surface area contributed by atoms with Gasteiger partial charge >= 0.3 is 0 Å². The van der Waals surface area contributed by atoms with Crippen LogP contribution in [0.15, 0.2) is 102 Å². The Kier molecular flexibility index (Phi) is 7.86. The topological polar surface area (TPSA) is 85.1 Å². The van der Waals surface area contributed by atoms with Gasteiger partial charge < -0.3 is 24.2 Å². The summed E-state index contributed by atoms with van der Waals surface area (Å²) in [4.78, 5) is 17.9. The van der Waals surface area contributed by atoms with Crippen LogP contribution in [0, 0.1) is 0 Å². The minimum Gasteiger partial charge on any atom is -0.497 e. The summed E-state index contributed by atoms with van der Waals surface area (Å²) < 4.78 is 17.7. The van der Waals surface area contributed by atoms with Crippen LogP contribution >= 0.6 is 15.9 Å². The van der Waals surface area contributed by atoms with Gasteiger partial charge in [0.25, 0.3) is 0 Å². The van der Waals surface area contributed by atoms with Crippen molar-refractivity contribution in [3.05, 3.63) is 124 Å². The van der Waals surface area contributed by atoms with E-state index >= 15 is 0 Å². The predicted molar refractivity (Wildman–Crippen MR) is 203 cm³/mol. The largest absolute Gasteiger partial charge is 0.497 e. The molecule has 3 aromatic carbocycles. The fourth-order valence-corrected chi connectivity index (χ4v) is 6.87. The van der Waals surface area contributed by atoms with E-state index in [9.17, 15) is 0 Å². The van der Waals surface area contributed by atoms with Gasteiger partial charge in [-0.05, 0) is 118 Å². The van der Waals surface area contributed by atoms with E-state index in [1.807, 2.05) is 60.7 Å². The van der Waals surface area contributed by atoms with E-state index in [2.05, 4.69) is 86.6 Å². The number of benzene rings is 3. The molecule has 0 unspecified atom stereocenters. The van der Waals surface area contributed by atoms with Gasteiger partial charge in [0, 0.05) is 33.2 Å². The molecule has 7 nitrogen and oxygen atoms in total. The molecule has 6 aromatic rings. The number of nitrogens with zero attached hydrogens (tertiary/aromatic N) is 2. The molecule has 0 radical (unpaired) electrons. The molecule has 0 aliphatic carbocycles. The summed E-state index contributed by atoms with van der Waals surface area (Å²) in [5, 5.41) is 0. The number of methoxy groups -OCH3 is 3. The van der Waals surface area contributed by atoms with Crippen molar-refractivity contribution in [2.45, 2.75) is 0 Å². The molecule has 0 saturated carbocycles. The average Bonchev–Trinajstić information content (AvgIpc) is 3.98. The highest BCUT2D eigenvalue weighted by atomic mass is 79.9. The van der Waals surface area contributed by atoms with Gasteiger partial charge in [-0.2, -0.15) is 0 Å². The molecule has 0 atom stereocenters. The number of halogens is 1. The molecule has 2 aliphatic rings. The summed E-state index contributed by atoms with van der Waals surface area (Å²) in [5.74, 6) is 2.29. The number of fused-ring (bicyclic) bond motifs is 8. The zero-order valence-corrected chi connectivity index (χ0v) is 28.6. The van der Waals surface area contributed by atoms with E-state index in [-0.39, 0.29) is 0 Å². The van der Waals surface area contributed by atoms with Gasteiger partial charge in [-0.1, -0.05) is 36.4 Å². The molecule has 2 N–H and O–H groups in total. The number of rotatable bonds is 6. The highest BCUT2D eigenvalue weighted by molar-refractivity contribution is 9.10. The molecule has 2 aliphatic heterocycles. The quantitative estimate of drug-likeness (QED) is 0.180. The maximum atomic E-state index is 5.65. The van der Waals surface area contributed by atoms with Gasteiger partial charge in [-0.15, -0.1) is 0 Å². The fourth-order valence-electron chi connectivity index (χ4n) is 6.42. The highest BCUT2D eigenvalue weighted by Gasteiger charge is 2.18. The molecule has 49 heavy (non-hydrogen) atoms. The van der Waals surface area contributed by atoms with Crippen LogP contribution in [-0.2, 0) is 0 Å². The summed E-state index contributed by atoms with van der Waals surface area (Å²) in [7, 11) is 5.04. The zero-order valence-electron chi connectivity index (χ0n) is 27.0. The zero-order chi connectivity index (χ0) is 33.5. The molecule has 8 bridgehead atoms. The third kappa shape index (κ3) is 5.60. The number of H-pyrrole nitrogens is 2. The Morgan fingerprint density at radius 3 is 1.20 bits per heavy atom. The van der Waals surface area contributed by atoms with Crippen molar-refractivity contribution in [1.29, 1.82) is 0 Å². The molecule has 8 rings (SSSR count). The second-order valence-electron chi connectivity index (χ2n) is 11.6. The Morgan fingerprint density at radius 1 is 0.449 bits per heavy atom. The van der Waals surface area contributed by atoms with Gasteiger partial charge in [0.05, 0.1) is 54.1 Å². The fraction of sp³-hybridized carbons (Fsp3) is 0.0732. The number of nitrogens with one attached hydrogen (secondary N) is 2. The van der Waals surface area contributed by atoms with Crippen LogP contribution in [0.1, 0.15) is 22.8 Å². The van der Waals surface area contributed by atoms with Crippen LogP contribution in [0.4, 0.5) is 0 Å². The summed E-state index contributed by atoms with van der Waals surface area (Å²) >= 11 is 3.87. The maximum absolute atomic E-state index is 5.65. The molecule has 0 saturated heterocycles. The predicted octanol–water partition coefficient (Wildman–Crippen LogP) is 10.4. The highest BCUT2D eigenvalue weighted by Crippen LogP contribution is 2.38. The minimum absolute atomic E-state index is 0.761. The molecular formula is C41H31BrN4O3. The van der Waals surface area contributed by atoms with Crippen molar-refractivity contribution in [3.8, 4) is 50.6 Å². The molecule has 5 heterocycles.